The second kappa shape index (κ2) is 8.75. The molecule has 0 aliphatic carbocycles. The number of aryl methyl sites for hydroxylation is 1. The molecule has 8 heteroatoms. The number of amides is 2. The molecule has 1 N–H and O–H groups in total. The topological polar surface area (TPSA) is 75.7 Å². The van der Waals surface area contributed by atoms with Gasteiger partial charge in [0.15, 0.2) is 6.61 Å². The second-order valence-electron chi connectivity index (χ2n) is 6.47. The van der Waals surface area contributed by atoms with Gasteiger partial charge in [-0.3, -0.25) is 14.4 Å². The van der Waals surface area contributed by atoms with Crippen molar-refractivity contribution in [2.75, 3.05) is 23.4 Å². The van der Waals surface area contributed by atoms with Crippen LogP contribution in [0, 0.1) is 12.8 Å². The van der Waals surface area contributed by atoms with Crippen LogP contribution in [0.2, 0.25) is 5.02 Å². The maximum absolute atomic E-state index is 12.3. The molecule has 0 spiro atoms. The molecule has 1 aliphatic heterocycles. The first-order chi connectivity index (χ1) is 13.3. The molecule has 3 rings (SSSR count). The highest BCUT2D eigenvalue weighted by Gasteiger charge is 2.36. The quantitative estimate of drug-likeness (QED) is 0.679. The van der Waals surface area contributed by atoms with E-state index in [1.165, 1.54) is 0 Å². The lowest BCUT2D eigenvalue weighted by molar-refractivity contribution is -0.151. The van der Waals surface area contributed by atoms with Crippen molar-refractivity contribution in [2.45, 2.75) is 13.3 Å². The summed E-state index contributed by atoms with van der Waals surface area (Å²) in [5.41, 5.74) is 2.16. The van der Waals surface area contributed by atoms with E-state index in [0.29, 0.717) is 10.7 Å². The van der Waals surface area contributed by atoms with Gasteiger partial charge in [0.25, 0.3) is 5.91 Å². The minimum atomic E-state index is -0.601. The largest absolute Gasteiger partial charge is 0.455 e. The van der Waals surface area contributed by atoms with E-state index in [1.807, 2.05) is 31.2 Å². The second-order valence-corrected chi connectivity index (χ2v) is 7.79. The number of esters is 1. The van der Waals surface area contributed by atoms with Crippen LogP contribution < -0.4 is 10.2 Å². The van der Waals surface area contributed by atoms with Gasteiger partial charge in [-0.05, 0) is 36.8 Å². The smallest absolute Gasteiger partial charge is 0.311 e. The summed E-state index contributed by atoms with van der Waals surface area (Å²) in [6.07, 6.45) is 0.0628. The number of halogens is 2. The molecule has 1 aliphatic rings. The van der Waals surface area contributed by atoms with Gasteiger partial charge in [0.05, 0.1) is 16.6 Å². The van der Waals surface area contributed by atoms with E-state index in [4.69, 9.17) is 16.3 Å². The Bertz CT molecular complexity index is 934. The molecule has 2 aromatic rings. The predicted molar refractivity (Wildman–Crippen MR) is 110 cm³/mol. The molecule has 2 amide bonds. The van der Waals surface area contributed by atoms with Crippen molar-refractivity contribution < 1.29 is 19.1 Å². The van der Waals surface area contributed by atoms with E-state index in [1.54, 1.807) is 23.1 Å². The minimum absolute atomic E-state index is 0.0628. The number of hydrogen-bond donors (Lipinski definition) is 1. The monoisotopic (exact) mass is 464 g/mol. The first kappa shape index (κ1) is 20.4. The molecule has 6 nitrogen and oxygen atoms in total. The van der Waals surface area contributed by atoms with Gasteiger partial charge in [-0.25, -0.2) is 0 Å². The fraction of sp³-hybridized carbons (Fsp3) is 0.250. The third-order valence-corrected chi connectivity index (χ3v) is 5.22. The molecule has 0 radical (unpaired) electrons. The number of carbonyl (C=O) groups excluding carboxylic acids is 3. The third-order valence-electron chi connectivity index (χ3n) is 4.42. The summed E-state index contributed by atoms with van der Waals surface area (Å²) >= 11 is 9.33. The van der Waals surface area contributed by atoms with Gasteiger partial charge < -0.3 is 15.0 Å². The number of hydrogen-bond acceptors (Lipinski definition) is 4. The summed E-state index contributed by atoms with van der Waals surface area (Å²) in [6.45, 7) is 1.70. The lowest BCUT2D eigenvalue weighted by atomic mass is 10.1. The lowest BCUT2D eigenvalue weighted by Gasteiger charge is -2.18. The minimum Gasteiger partial charge on any atom is -0.455 e. The van der Waals surface area contributed by atoms with Crippen LogP contribution >= 0.6 is 27.5 Å². The van der Waals surface area contributed by atoms with E-state index < -0.39 is 24.4 Å². The molecule has 28 heavy (non-hydrogen) atoms. The highest BCUT2D eigenvalue weighted by atomic mass is 79.9. The average molecular weight is 466 g/mol. The summed E-state index contributed by atoms with van der Waals surface area (Å²) in [7, 11) is 0. The Morgan fingerprint density at radius 1 is 1.29 bits per heavy atom. The molecule has 1 fully saturated rings. The zero-order valence-corrected chi connectivity index (χ0v) is 17.4. The maximum Gasteiger partial charge on any atom is 0.311 e. The summed E-state index contributed by atoms with van der Waals surface area (Å²) < 4.78 is 5.89. The first-order valence-corrected chi connectivity index (χ1v) is 9.80. The Hall–Kier alpha value is -2.38. The number of para-hydroxylation sites is 1. The van der Waals surface area contributed by atoms with Crippen molar-refractivity contribution in [3.05, 3.63) is 57.5 Å². The van der Waals surface area contributed by atoms with Crippen molar-refractivity contribution in [2.24, 2.45) is 5.92 Å². The highest BCUT2D eigenvalue weighted by Crippen LogP contribution is 2.28. The predicted octanol–water partition coefficient (Wildman–Crippen LogP) is 3.95. The third kappa shape index (κ3) is 4.72. The molecule has 1 atom stereocenters. The Labute approximate surface area is 175 Å². The van der Waals surface area contributed by atoms with Gasteiger partial charge >= 0.3 is 5.97 Å². The molecule has 2 aromatic carbocycles. The SMILES string of the molecule is Cc1ccccc1N1C[C@H](C(=O)OCC(=O)Nc2ccc(Br)cc2Cl)CC1=O. The normalized spacial score (nSPS) is 16.2. The molecule has 1 heterocycles. The number of anilines is 2. The number of nitrogens with zero attached hydrogens (tertiary/aromatic N) is 1. The van der Waals surface area contributed by atoms with Crippen LogP contribution in [-0.4, -0.2) is 30.9 Å². The van der Waals surface area contributed by atoms with Crippen molar-refractivity contribution in [3.8, 4) is 0 Å². The molecular weight excluding hydrogens is 448 g/mol. The van der Waals surface area contributed by atoms with Crippen LogP contribution in [0.1, 0.15) is 12.0 Å². The molecule has 0 unspecified atom stereocenters. The molecule has 146 valence electrons. The number of ether oxygens (including phenoxy) is 1. The summed E-state index contributed by atoms with van der Waals surface area (Å²) in [6, 6.07) is 12.5. The average Bonchev–Trinajstić information content (AvgIpc) is 3.04. The summed E-state index contributed by atoms with van der Waals surface area (Å²) in [5.74, 6) is -1.81. The van der Waals surface area contributed by atoms with Gasteiger partial charge in [0.2, 0.25) is 5.91 Å². The van der Waals surface area contributed by atoms with Gasteiger partial charge in [-0.2, -0.15) is 0 Å². The van der Waals surface area contributed by atoms with E-state index in [2.05, 4.69) is 21.2 Å². The van der Waals surface area contributed by atoms with Crippen LogP contribution in [0.3, 0.4) is 0 Å². The van der Waals surface area contributed by atoms with E-state index in [9.17, 15) is 14.4 Å². The van der Waals surface area contributed by atoms with E-state index in [0.717, 1.165) is 15.7 Å². The van der Waals surface area contributed by atoms with Gasteiger partial charge in [0, 0.05) is 23.1 Å². The van der Waals surface area contributed by atoms with Crippen LogP contribution in [0.4, 0.5) is 11.4 Å². The maximum atomic E-state index is 12.3. The molecular formula is C20H18BrClN2O4. The number of benzene rings is 2. The number of nitrogens with one attached hydrogen (secondary N) is 1. The number of carbonyl (C=O) groups is 3. The molecule has 0 saturated carbocycles. The van der Waals surface area contributed by atoms with Crippen molar-refractivity contribution in [1.29, 1.82) is 0 Å². The van der Waals surface area contributed by atoms with Crippen LogP contribution in [0.25, 0.3) is 0 Å². The van der Waals surface area contributed by atoms with Crippen LogP contribution in [-0.2, 0) is 19.1 Å². The molecule has 1 saturated heterocycles. The fourth-order valence-corrected chi connectivity index (χ4v) is 3.72. The van der Waals surface area contributed by atoms with Crippen LogP contribution in [0.5, 0.6) is 0 Å². The zero-order chi connectivity index (χ0) is 20.3. The van der Waals surface area contributed by atoms with Gasteiger partial charge in [0.1, 0.15) is 0 Å². The van der Waals surface area contributed by atoms with Crippen LogP contribution in [0.15, 0.2) is 46.9 Å². The molecule has 0 aromatic heterocycles. The Balaban J connectivity index is 1.54. The van der Waals surface area contributed by atoms with Gasteiger partial charge in [-0.1, -0.05) is 45.7 Å². The highest BCUT2D eigenvalue weighted by molar-refractivity contribution is 9.10. The Morgan fingerprint density at radius 2 is 2.04 bits per heavy atom. The zero-order valence-electron chi connectivity index (χ0n) is 15.1. The van der Waals surface area contributed by atoms with Crippen molar-refractivity contribution in [3.63, 3.8) is 0 Å². The van der Waals surface area contributed by atoms with Gasteiger partial charge in [-0.15, -0.1) is 0 Å². The fourth-order valence-electron chi connectivity index (χ4n) is 3.00. The van der Waals surface area contributed by atoms with E-state index in [-0.39, 0.29) is 18.9 Å². The van der Waals surface area contributed by atoms with E-state index >= 15 is 0 Å². The molecule has 0 bridgehead atoms. The Morgan fingerprint density at radius 3 is 2.75 bits per heavy atom. The standard InChI is InChI=1S/C20H18BrClN2O4/c1-12-4-2-3-5-17(12)24-10-13(8-19(24)26)20(27)28-11-18(25)23-16-7-6-14(21)9-15(16)22/h2-7,9,13H,8,10-11H2,1H3,(H,23,25)/t13-/m1/s1. The number of rotatable bonds is 5. The summed E-state index contributed by atoms with van der Waals surface area (Å²) in [4.78, 5) is 38.2. The summed E-state index contributed by atoms with van der Waals surface area (Å²) in [5, 5.41) is 2.95. The Kier molecular flexibility index (Phi) is 6.36. The lowest BCUT2D eigenvalue weighted by Crippen LogP contribution is -2.28. The van der Waals surface area contributed by atoms with Crippen molar-refractivity contribution >= 4 is 56.7 Å². The first-order valence-electron chi connectivity index (χ1n) is 8.62. The van der Waals surface area contributed by atoms with Crippen molar-refractivity contribution in [1.82, 2.24) is 0 Å².